The average Bonchev–Trinajstić information content (AvgIpc) is 2.33. The minimum atomic E-state index is -0.273. The number of carbonyl (C=O) groups excluding carboxylic acids is 1. The van der Waals surface area contributed by atoms with Gasteiger partial charge in [0.05, 0.1) is 6.61 Å². The Morgan fingerprint density at radius 1 is 1.62 bits per heavy atom. The van der Waals surface area contributed by atoms with E-state index in [0.29, 0.717) is 17.2 Å². The smallest absolute Gasteiger partial charge is 0.347 e. The third kappa shape index (κ3) is 1.88. The Hall–Kier alpha value is -0.900. The average molecular weight is 195 g/mol. The fourth-order valence-corrected chi connectivity index (χ4v) is 2.04. The van der Waals surface area contributed by atoms with Crippen molar-refractivity contribution in [1.29, 1.82) is 0 Å². The molecule has 0 unspecified atom stereocenters. The molecule has 0 aliphatic rings. The lowest BCUT2D eigenvalue weighted by molar-refractivity contribution is 0.0533. The highest BCUT2D eigenvalue weighted by molar-refractivity contribution is 7.23. The van der Waals surface area contributed by atoms with Crippen LogP contribution in [0.15, 0.2) is 0 Å². The summed E-state index contributed by atoms with van der Waals surface area (Å²) in [6, 6.07) is 0. The quantitative estimate of drug-likeness (QED) is 0.439. The molecule has 3 nitrogen and oxygen atoms in total. The first-order valence-corrected chi connectivity index (χ1v) is 4.92. The maximum atomic E-state index is 11.4. The van der Waals surface area contributed by atoms with Crippen LogP contribution in [0.5, 0.6) is 0 Å². The summed E-state index contributed by atoms with van der Waals surface area (Å²) in [4.78, 5) is 12.0. The first-order valence-electron chi connectivity index (χ1n) is 4.10. The van der Waals surface area contributed by atoms with Gasteiger partial charge < -0.3 is 10.5 Å². The Kier molecular flexibility index (Phi) is 3.03. The summed E-state index contributed by atoms with van der Waals surface area (Å²) < 4.78 is 5.87. The number of nitrogen functional groups attached to an aromatic ring is 1. The van der Waals surface area contributed by atoms with Gasteiger partial charge >= 0.3 is 5.97 Å². The molecule has 0 bridgehead atoms. The van der Waals surface area contributed by atoms with Crippen LogP contribution in [0.1, 0.15) is 16.6 Å². The zero-order valence-corrected chi connectivity index (χ0v) is 8.83. The molecular weight excluding hydrogens is 184 g/mol. The molecule has 0 spiro atoms. The Morgan fingerprint density at radius 3 is 2.62 bits per heavy atom. The van der Waals surface area contributed by atoms with E-state index in [0.717, 1.165) is 10.2 Å². The zero-order valence-electron chi connectivity index (χ0n) is 8.01. The van der Waals surface area contributed by atoms with Crippen LogP contribution in [0.4, 0.5) is 5.69 Å². The predicted molar refractivity (Wildman–Crippen MR) is 61.0 cm³/mol. The lowest BCUT2D eigenvalue weighted by atomic mass is 9.91. The highest BCUT2D eigenvalue weighted by Crippen LogP contribution is 2.10. The Bertz CT molecular complexity index is 337. The molecule has 0 atom stereocenters. The molecule has 1 aromatic heterocycles. The van der Waals surface area contributed by atoms with Crippen LogP contribution in [-0.4, -0.2) is 28.3 Å². The molecule has 0 radical (unpaired) electrons. The number of anilines is 1. The number of rotatable bonds is 2. The van der Waals surface area contributed by atoms with Gasteiger partial charge in [0.1, 0.15) is 12.7 Å². The van der Waals surface area contributed by atoms with Crippen molar-refractivity contribution in [2.45, 2.75) is 6.92 Å². The SMILES string of the molecule is Bc1sc(C(=O)OCC)c(B)c1N. The van der Waals surface area contributed by atoms with E-state index in [1.54, 1.807) is 6.92 Å². The van der Waals surface area contributed by atoms with E-state index in [9.17, 15) is 4.79 Å². The monoisotopic (exact) mass is 195 g/mol. The van der Waals surface area contributed by atoms with Crippen molar-refractivity contribution in [3.8, 4) is 0 Å². The summed E-state index contributed by atoms with van der Waals surface area (Å²) in [5.74, 6) is -0.273. The van der Waals surface area contributed by atoms with Gasteiger partial charge in [-0.05, 0) is 17.2 Å². The molecule has 0 amide bonds. The first-order chi connectivity index (χ1) is 6.07. The number of hydrogen-bond donors (Lipinski definition) is 1. The predicted octanol–water partition coefficient (Wildman–Crippen LogP) is -1.98. The van der Waals surface area contributed by atoms with E-state index >= 15 is 0 Å². The number of ether oxygens (including phenoxy) is 1. The normalized spacial score (nSPS) is 9.92. The minimum absolute atomic E-state index is 0.273. The maximum absolute atomic E-state index is 11.4. The summed E-state index contributed by atoms with van der Waals surface area (Å²) in [6.07, 6.45) is 0. The van der Waals surface area contributed by atoms with Crippen LogP contribution in [-0.2, 0) is 4.74 Å². The molecule has 2 N–H and O–H groups in total. The van der Waals surface area contributed by atoms with E-state index in [-0.39, 0.29) is 5.97 Å². The highest BCUT2D eigenvalue weighted by Gasteiger charge is 2.16. The Labute approximate surface area is 83.1 Å². The lowest BCUT2D eigenvalue weighted by Gasteiger charge is -1.99. The minimum Gasteiger partial charge on any atom is -0.462 e. The number of hydrogen-bond acceptors (Lipinski definition) is 4. The van der Waals surface area contributed by atoms with Gasteiger partial charge in [0.25, 0.3) is 0 Å². The standard InChI is InChI=1S/C7H11B2NO2S/c1-2-12-7(11)5-3(8)4(10)6(9)13-5/h2,8-10H2,1H3. The van der Waals surface area contributed by atoms with Crippen molar-refractivity contribution in [2.75, 3.05) is 12.3 Å². The zero-order chi connectivity index (χ0) is 10.0. The van der Waals surface area contributed by atoms with Gasteiger partial charge in [-0.15, -0.1) is 11.3 Å². The van der Waals surface area contributed by atoms with Crippen LogP contribution in [0.2, 0.25) is 0 Å². The molecule has 6 heteroatoms. The summed E-state index contributed by atoms with van der Waals surface area (Å²) >= 11 is 1.39. The Morgan fingerprint density at radius 2 is 2.23 bits per heavy atom. The fourth-order valence-electron chi connectivity index (χ4n) is 1.06. The van der Waals surface area contributed by atoms with Gasteiger partial charge in [0, 0.05) is 5.69 Å². The number of thiophene rings is 1. The molecular formula is C7H11B2NO2S. The van der Waals surface area contributed by atoms with Crippen LogP contribution < -0.4 is 16.0 Å². The van der Waals surface area contributed by atoms with E-state index in [4.69, 9.17) is 10.5 Å². The molecule has 1 rings (SSSR count). The molecule has 68 valence electrons. The first kappa shape index (κ1) is 10.2. The molecule has 1 aromatic rings. The number of nitrogens with two attached hydrogens (primary N) is 1. The van der Waals surface area contributed by atoms with Gasteiger partial charge in [0.2, 0.25) is 0 Å². The highest BCUT2D eigenvalue weighted by atomic mass is 32.1. The fraction of sp³-hybridized carbons (Fsp3) is 0.286. The summed E-state index contributed by atoms with van der Waals surface area (Å²) in [7, 11) is 3.74. The van der Waals surface area contributed by atoms with E-state index in [2.05, 4.69) is 0 Å². The maximum Gasteiger partial charge on any atom is 0.347 e. The van der Waals surface area contributed by atoms with Crippen molar-refractivity contribution in [3.05, 3.63) is 4.88 Å². The van der Waals surface area contributed by atoms with Crippen LogP contribution >= 0.6 is 11.3 Å². The molecule has 0 saturated heterocycles. The molecule has 0 saturated carbocycles. The van der Waals surface area contributed by atoms with Crippen molar-refractivity contribution < 1.29 is 9.53 Å². The molecule has 0 aromatic carbocycles. The molecule has 13 heavy (non-hydrogen) atoms. The van der Waals surface area contributed by atoms with E-state index in [1.807, 2.05) is 15.7 Å². The Balaban J connectivity index is 3.01. The second-order valence-electron chi connectivity index (χ2n) is 2.75. The third-order valence-corrected chi connectivity index (χ3v) is 3.04. The second-order valence-corrected chi connectivity index (χ2v) is 3.97. The van der Waals surface area contributed by atoms with Gasteiger partial charge in [-0.2, -0.15) is 0 Å². The van der Waals surface area contributed by atoms with Crippen LogP contribution in [0.3, 0.4) is 0 Å². The van der Waals surface area contributed by atoms with Gasteiger partial charge in [-0.1, -0.05) is 0 Å². The molecule has 0 aliphatic heterocycles. The van der Waals surface area contributed by atoms with Gasteiger partial charge in [0.15, 0.2) is 7.85 Å². The van der Waals surface area contributed by atoms with E-state index in [1.165, 1.54) is 11.3 Å². The second kappa shape index (κ2) is 3.87. The van der Waals surface area contributed by atoms with Crippen molar-refractivity contribution >= 4 is 48.9 Å². The lowest BCUT2D eigenvalue weighted by Crippen LogP contribution is -2.18. The van der Waals surface area contributed by atoms with Crippen molar-refractivity contribution in [2.24, 2.45) is 0 Å². The number of carbonyl (C=O) groups is 1. The number of esters is 1. The molecule has 1 heterocycles. The van der Waals surface area contributed by atoms with Crippen molar-refractivity contribution in [1.82, 2.24) is 0 Å². The molecule has 0 fully saturated rings. The van der Waals surface area contributed by atoms with Crippen LogP contribution in [0, 0.1) is 0 Å². The molecule has 0 aliphatic carbocycles. The summed E-state index contributed by atoms with van der Waals surface area (Å²) in [5.41, 5.74) is 7.28. The third-order valence-electron chi connectivity index (χ3n) is 1.84. The summed E-state index contributed by atoms with van der Waals surface area (Å²) in [6.45, 7) is 2.19. The van der Waals surface area contributed by atoms with Crippen LogP contribution in [0.25, 0.3) is 0 Å². The topological polar surface area (TPSA) is 52.3 Å². The van der Waals surface area contributed by atoms with Gasteiger partial charge in [-0.25, -0.2) is 4.79 Å². The largest absolute Gasteiger partial charge is 0.462 e. The summed E-state index contributed by atoms with van der Waals surface area (Å²) in [5, 5.41) is 0. The van der Waals surface area contributed by atoms with E-state index < -0.39 is 0 Å². The van der Waals surface area contributed by atoms with Crippen molar-refractivity contribution in [3.63, 3.8) is 0 Å². The van der Waals surface area contributed by atoms with Gasteiger partial charge in [-0.3, -0.25) is 0 Å².